The van der Waals surface area contributed by atoms with E-state index in [1.165, 1.54) is 6.08 Å². The molecule has 0 bridgehead atoms. The Morgan fingerprint density at radius 1 is 1.18 bits per heavy atom. The Morgan fingerprint density at radius 3 is 2.09 bits per heavy atom. The van der Waals surface area contributed by atoms with Crippen LogP contribution in [0.4, 0.5) is 0 Å². The summed E-state index contributed by atoms with van der Waals surface area (Å²) in [6, 6.07) is 0. The zero-order chi connectivity index (χ0) is 17.1. The Kier molecular flexibility index (Phi) is 5.57. The highest BCUT2D eigenvalue weighted by Crippen LogP contribution is 2.40. The zero-order valence-corrected chi connectivity index (χ0v) is 14.4. The quantitative estimate of drug-likeness (QED) is 0.590. The van der Waals surface area contributed by atoms with E-state index in [4.69, 9.17) is 9.57 Å². The van der Waals surface area contributed by atoms with Crippen molar-refractivity contribution in [2.24, 2.45) is 0 Å². The van der Waals surface area contributed by atoms with Gasteiger partial charge in [0.2, 0.25) is 0 Å². The largest absolute Gasteiger partial charge is 0.459 e. The first kappa shape index (κ1) is 18.4. The third-order valence-corrected chi connectivity index (χ3v) is 3.66. The second-order valence-electron chi connectivity index (χ2n) is 7.05. The van der Waals surface area contributed by atoms with E-state index >= 15 is 0 Å². The summed E-state index contributed by atoms with van der Waals surface area (Å²) in [7, 11) is 0. The molecular weight excluding hydrogens is 282 g/mol. The SMILES string of the molecule is C=C(C)C(=O)OC1CC(C)(C)N(OC(=O)/C=C/C)C(C)(C)C1. The molecule has 124 valence electrons. The normalized spacial score (nSPS) is 21.5. The molecule has 0 aromatic rings. The number of ether oxygens (including phenoxy) is 1. The van der Waals surface area contributed by atoms with Crippen molar-refractivity contribution in [2.45, 2.75) is 71.6 Å². The van der Waals surface area contributed by atoms with Gasteiger partial charge in [0.15, 0.2) is 0 Å². The van der Waals surface area contributed by atoms with Gasteiger partial charge in [-0.25, -0.2) is 9.59 Å². The number of hydroxylamine groups is 2. The smallest absolute Gasteiger partial charge is 0.349 e. The molecule has 1 saturated heterocycles. The Labute approximate surface area is 132 Å². The standard InChI is InChI=1S/C17H27NO4/c1-8-9-14(19)22-18-16(4,5)10-13(11-17(18,6)7)21-15(20)12(2)3/h8-9,13H,2,10-11H2,1,3-7H3/b9-8+. The summed E-state index contributed by atoms with van der Waals surface area (Å²) in [5, 5.41) is 1.72. The number of allylic oxidation sites excluding steroid dienone is 1. The van der Waals surface area contributed by atoms with Crippen molar-refractivity contribution in [1.82, 2.24) is 5.06 Å². The minimum absolute atomic E-state index is 0.231. The summed E-state index contributed by atoms with van der Waals surface area (Å²) >= 11 is 0. The van der Waals surface area contributed by atoms with Gasteiger partial charge in [0.05, 0.1) is 11.1 Å². The van der Waals surface area contributed by atoms with Crippen LogP contribution in [0, 0.1) is 0 Å². The second-order valence-corrected chi connectivity index (χ2v) is 7.05. The van der Waals surface area contributed by atoms with E-state index in [-0.39, 0.29) is 12.1 Å². The lowest BCUT2D eigenvalue weighted by molar-refractivity contribution is -0.273. The monoisotopic (exact) mass is 309 g/mol. The average Bonchev–Trinajstić information content (AvgIpc) is 2.33. The summed E-state index contributed by atoms with van der Waals surface area (Å²) in [6.07, 6.45) is 3.96. The van der Waals surface area contributed by atoms with Crippen LogP contribution < -0.4 is 0 Å². The summed E-state index contributed by atoms with van der Waals surface area (Å²) in [4.78, 5) is 29.0. The van der Waals surface area contributed by atoms with Gasteiger partial charge in [-0.15, -0.1) is 5.06 Å². The van der Waals surface area contributed by atoms with Gasteiger partial charge in [0.25, 0.3) is 0 Å². The molecule has 0 spiro atoms. The molecule has 1 rings (SSSR count). The highest BCUT2D eigenvalue weighted by molar-refractivity contribution is 5.87. The van der Waals surface area contributed by atoms with Crippen LogP contribution in [0.25, 0.3) is 0 Å². The van der Waals surface area contributed by atoms with Crippen LogP contribution in [-0.4, -0.2) is 34.2 Å². The summed E-state index contributed by atoms with van der Waals surface area (Å²) < 4.78 is 5.51. The molecule has 1 aliphatic heterocycles. The van der Waals surface area contributed by atoms with Crippen molar-refractivity contribution in [1.29, 1.82) is 0 Å². The molecule has 1 heterocycles. The summed E-state index contributed by atoms with van der Waals surface area (Å²) in [5.74, 6) is -0.781. The van der Waals surface area contributed by atoms with Crippen LogP contribution in [0.15, 0.2) is 24.3 Å². The van der Waals surface area contributed by atoms with E-state index in [1.54, 1.807) is 25.0 Å². The van der Waals surface area contributed by atoms with Crippen LogP contribution in [0.5, 0.6) is 0 Å². The minimum atomic E-state index is -0.445. The molecule has 0 radical (unpaired) electrons. The Balaban J connectivity index is 2.90. The number of hydrogen-bond acceptors (Lipinski definition) is 5. The third kappa shape index (κ3) is 4.44. The molecule has 0 aliphatic carbocycles. The van der Waals surface area contributed by atoms with Crippen molar-refractivity contribution < 1.29 is 19.2 Å². The fraction of sp³-hybridized carbons (Fsp3) is 0.647. The minimum Gasteiger partial charge on any atom is -0.459 e. The van der Waals surface area contributed by atoms with Gasteiger partial charge < -0.3 is 9.57 Å². The van der Waals surface area contributed by atoms with Crippen molar-refractivity contribution in [3.8, 4) is 0 Å². The van der Waals surface area contributed by atoms with Crippen molar-refractivity contribution in [3.63, 3.8) is 0 Å². The first-order chi connectivity index (χ1) is 9.99. The maximum atomic E-state index is 11.8. The van der Waals surface area contributed by atoms with E-state index in [9.17, 15) is 9.59 Å². The number of carbonyl (C=O) groups is 2. The van der Waals surface area contributed by atoms with Crippen molar-refractivity contribution >= 4 is 11.9 Å². The number of carbonyl (C=O) groups excluding carboxylic acids is 2. The van der Waals surface area contributed by atoms with E-state index in [0.717, 1.165) is 0 Å². The van der Waals surface area contributed by atoms with Crippen molar-refractivity contribution in [3.05, 3.63) is 24.3 Å². The maximum Gasteiger partial charge on any atom is 0.349 e. The molecule has 1 aliphatic rings. The van der Waals surface area contributed by atoms with Gasteiger partial charge in [0, 0.05) is 24.5 Å². The van der Waals surface area contributed by atoms with Gasteiger partial charge in [-0.1, -0.05) is 12.7 Å². The fourth-order valence-electron chi connectivity index (χ4n) is 3.01. The molecule has 0 saturated carbocycles. The predicted octanol–water partition coefficient (Wildman–Crippen LogP) is 3.16. The number of nitrogens with zero attached hydrogens (tertiary/aromatic N) is 1. The van der Waals surface area contributed by atoms with Crippen LogP contribution >= 0.6 is 0 Å². The lowest BCUT2D eigenvalue weighted by atomic mass is 9.80. The van der Waals surface area contributed by atoms with E-state index in [0.29, 0.717) is 18.4 Å². The first-order valence-electron chi connectivity index (χ1n) is 7.51. The zero-order valence-electron chi connectivity index (χ0n) is 14.4. The molecule has 0 aromatic heterocycles. The summed E-state index contributed by atoms with van der Waals surface area (Å²) in [6.45, 7) is 14.9. The van der Waals surface area contributed by atoms with Gasteiger partial charge in [0.1, 0.15) is 6.10 Å². The topological polar surface area (TPSA) is 55.8 Å². The third-order valence-electron chi connectivity index (χ3n) is 3.66. The second kappa shape index (κ2) is 6.65. The highest BCUT2D eigenvalue weighted by atomic mass is 16.7. The van der Waals surface area contributed by atoms with E-state index in [1.807, 2.05) is 27.7 Å². The van der Waals surface area contributed by atoms with Crippen LogP contribution in [-0.2, 0) is 19.2 Å². The molecule has 22 heavy (non-hydrogen) atoms. The molecule has 0 atom stereocenters. The lowest BCUT2D eigenvalue weighted by Gasteiger charge is -2.52. The Morgan fingerprint density at radius 2 is 1.68 bits per heavy atom. The Bertz CT molecular complexity index is 473. The maximum absolute atomic E-state index is 11.8. The number of esters is 1. The highest BCUT2D eigenvalue weighted by Gasteiger charge is 2.49. The van der Waals surface area contributed by atoms with Gasteiger partial charge in [-0.3, -0.25) is 0 Å². The summed E-state index contributed by atoms with van der Waals surface area (Å²) in [5.41, 5.74) is -0.504. The molecule has 0 amide bonds. The molecular formula is C17H27NO4. The van der Waals surface area contributed by atoms with Crippen LogP contribution in [0.2, 0.25) is 0 Å². The van der Waals surface area contributed by atoms with E-state index in [2.05, 4.69) is 6.58 Å². The molecule has 5 nitrogen and oxygen atoms in total. The Hall–Kier alpha value is -1.62. The number of hydrogen-bond donors (Lipinski definition) is 0. The molecule has 0 N–H and O–H groups in total. The number of piperidine rings is 1. The molecule has 0 aromatic carbocycles. The first-order valence-corrected chi connectivity index (χ1v) is 7.51. The fourth-order valence-corrected chi connectivity index (χ4v) is 3.01. The van der Waals surface area contributed by atoms with Gasteiger partial charge in [-0.05, 0) is 41.5 Å². The van der Waals surface area contributed by atoms with Gasteiger partial charge in [-0.2, -0.15) is 0 Å². The molecule has 1 fully saturated rings. The van der Waals surface area contributed by atoms with Gasteiger partial charge >= 0.3 is 11.9 Å². The molecule has 5 heteroatoms. The van der Waals surface area contributed by atoms with Crippen LogP contribution in [0.3, 0.4) is 0 Å². The van der Waals surface area contributed by atoms with Crippen LogP contribution in [0.1, 0.15) is 54.4 Å². The molecule has 0 unspecified atom stereocenters. The van der Waals surface area contributed by atoms with E-state index < -0.39 is 17.0 Å². The average molecular weight is 309 g/mol. The predicted molar refractivity (Wildman–Crippen MR) is 84.8 cm³/mol. The van der Waals surface area contributed by atoms with Crippen molar-refractivity contribution in [2.75, 3.05) is 0 Å². The number of rotatable bonds is 4. The lowest BCUT2D eigenvalue weighted by Crippen LogP contribution is -2.62.